The fraction of sp³-hybridized carbons (Fsp3) is 0.0588. The summed E-state index contributed by atoms with van der Waals surface area (Å²) in [6.07, 6.45) is 0. The van der Waals surface area contributed by atoms with E-state index in [1.165, 1.54) is 0 Å². The summed E-state index contributed by atoms with van der Waals surface area (Å²) in [5, 5.41) is 11.3. The van der Waals surface area contributed by atoms with E-state index in [1.54, 1.807) is 43.3 Å². The minimum absolute atomic E-state index is 0.142. The Morgan fingerprint density at radius 3 is 2.55 bits per heavy atom. The standard InChI is InChI=1S/C17H11Cl2NO2/c1-9-15(17(21)22)16(11-4-2-3-5-13(11)19)12-8-10(18)6-7-14(12)20-9/h2-8H,1H3,(H,21,22). The zero-order valence-electron chi connectivity index (χ0n) is 11.6. The molecule has 3 aromatic rings. The molecule has 1 aromatic heterocycles. The predicted molar refractivity (Wildman–Crippen MR) is 88.9 cm³/mol. The van der Waals surface area contributed by atoms with Crippen molar-refractivity contribution < 1.29 is 9.90 Å². The zero-order valence-corrected chi connectivity index (χ0v) is 13.1. The van der Waals surface area contributed by atoms with Gasteiger partial charge in [0.2, 0.25) is 0 Å². The minimum Gasteiger partial charge on any atom is -0.478 e. The first-order valence-electron chi connectivity index (χ1n) is 6.57. The van der Waals surface area contributed by atoms with E-state index < -0.39 is 5.97 Å². The van der Waals surface area contributed by atoms with Gasteiger partial charge >= 0.3 is 5.97 Å². The van der Waals surface area contributed by atoms with Crippen LogP contribution in [0.2, 0.25) is 10.0 Å². The molecule has 0 atom stereocenters. The first-order valence-corrected chi connectivity index (χ1v) is 7.32. The van der Waals surface area contributed by atoms with Crippen LogP contribution in [0.4, 0.5) is 0 Å². The monoisotopic (exact) mass is 331 g/mol. The topological polar surface area (TPSA) is 50.2 Å². The molecule has 0 spiro atoms. The molecule has 0 aliphatic heterocycles. The smallest absolute Gasteiger partial charge is 0.338 e. The van der Waals surface area contributed by atoms with E-state index in [-0.39, 0.29) is 5.56 Å². The number of hydrogen-bond donors (Lipinski definition) is 1. The minimum atomic E-state index is -1.04. The number of fused-ring (bicyclic) bond motifs is 1. The fourth-order valence-corrected chi connectivity index (χ4v) is 2.97. The fourth-order valence-electron chi connectivity index (χ4n) is 2.56. The number of carboxylic acid groups (broad SMARTS) is 1. The Labute approximate surface area is 137 Å². The summed E-state index contributed by atoms with van der Waals surface area (Å²) in [6, 6.07) is 12.4. The van der Waals surface area contributed by atoms with E-state index in [2.05, 4.69) is 4.98 Å². The number of nitrogens with zero attached hydrogens (tertiary/aromatic N) is 1. The number of aryl methyl sites for hydroxylation is 1. The van der Waals surface area contributed by atoms with E-state index in [0.717, 1.165) is 0 Å². The summed E-state index contributed by atoms with van der Waals surface area (Å²) < 4.78 is 0. The van der Waals surface area contributed by atoms with Crippen molar-refractivity contribution in [1.29, 1.82) is 0 Å². The van der Waals surface area contributed by atoms with Gasteiger partial charge in [-0.15, -0.1) is 0 Å². The van der Waals surface area contributed by atoms with Crippen LogP contribution in [0.1, 0.15) is 16.1 Å². The van der Waals surface area contributed by atoms with Gasteiger partial charge in [0.15, 0.2) is 0 Å². The summed E-state index contributed by atoms with van der Waals surface area (Å²) in [5.41, 5.74) is 2.46. The van der Waals surface area contributed by atoms with Crippen molar-refractivity contribution >= 4 is 40.1 Å². The first-order chi connectivity index (χ1) is 10.5. The molecule has 0 aliphatic carbocycles. The third kappa shape index (κ3) is 2.43. The van der Waals surface area contributed by atoms with Crippen molar-refractivity contribution in [3.05, 3.63) is 63.8 Å². The molecular formula is C17H11Cl2NO2. The SMILES string of the molecule is Cc1nc2ccc(Cl)cc2c(-c2ccccc2Cl)c1C(=O)O. The molecule has 0 bridgehead atoms. The molecule has 3 nitrogen and oxygen atoms in total. The molecule has 1 heterocycles. The van der Waals surface area contributed by atoms with Crippen LogP contribution in [0.15, 0.2) is 42.5 Å². The Hall–Kier alpha value is -2.10. The molecule has 110 valence electrons. The quantitative estimate of drug-likeness (QED) is 0.700. The van der Waals surface area contributed by atoms with E-state index in [4.69, 9.17) is 23.2 Å². The van der Waals surface area contributed by atoms with E-state index in [9.17, 15) is 9.90 Å². The lowest BCUT2D eigenvalue weighted by molar-refractivity contribution is 0.0696. The highest BCUT2D eigenvalue weighted by molar-refractivity contribution is 6.34. The molecule has 22 heavy (non-hydrogen) atoms. The summed E-state index contributed by atoms with van der Waals surface area (Å²) >= 11 is 12.4. The van der Waals surface area contributed by atoms with E-state index >= 15 is 0 Å². The van der Waals surface area contributed by atoms with Crippen molar-refractivity contribution in [3.63, 3.8) is 0 Å². The number of hydrogen-bond acceptors (Lipinski definition) is 2. The predicted octanol–water partition coefficient (Wildman–Crippen LogP) is 5.22. The van der Waals surface area contributed by atoms with Gasteiger partial charge in [-0.25, -0.2) is 4.79 Å². The molecule has 0 unspecified atom stereocenters. The summed E-state index contributed by atoms with van der Waals surface area (Å²) in [4.78, 5) is 16.1. The van der Waals surface area contributed by atoms with E-state index in [0.29, 0.717) is 37.8 Å². The second-order valence-corrected chi connectivity index (χ2v) is 5.74. The number of aromatic carboxylic acids is 1. The van der Waals surface area contributed by atoms with Gasteiger partial charge in [-0.3, -0.25) is 4.98 Å². The molecule has 2 aromatic carbocycles. The Bertz CT molecular complexity index is 907. The van der Waals surface area contributed by atoms with Crippen molar-refractivity contribution in [2.45, 2.75) is 6.92 Å². The molecule has 5 heteroatoms. The molecule has 0 fully saturated rings. The Balaban J connectivity index is 2.53. The highest BCUT2D eigenvalue weighted by atomic mass is 35.5. The highest BCUT2D eigenvalue weighted by Crippen LogP contribution is 2.37. The molecule has 1 N–H and O–H groups in total. The Morgan fingerprint density at radius 1 is 1.14 bits per heavy atom. The maximum Gasteiger partial charge on any atom is 0.338 e. The number of benzene rings is 2. The number of halogens is 2. The van der Waals surface area contributed by atoms with Crippen LogP contribution in [0.25, 0.3) is 22.0 Å². The number of rotatable bonds is 2. The molecular weight excluding hydrogens is 321 g/mol. The number of pyridine rings is 1. The van der Waals surface area contributed by atoms with Gasteiger partial charge in [-0.1, -0.05) is 41.4 Å². The maximum atomic E-state index is 11.7. The van der Waals surface area contributed by atoms with Crippen molar-refractivity contribution in [1.82, 2.24) is 4.98 Å². The van der Waals surface area contributed by atoms with Crippen LogP contribution in [-0.4, -0.2) is 16.1 Å². The van der Waals surface area contributed by atoms with E-state index in [1.807, 2.05) is 6.07 Å². The van der Waals surface area contributed by atoms with Gasteiger partial charge in [0.25, 0.3) is 0 Å². The largest absolute Gasteiger partial charge is 0.478 e. The van der Waals surface area contributed by atoms with Gasteiger partial charge in [0.1, 0.15) is 0 Å². The second-order valence-electron chi connectivity index (χ2n) is 4.89. The Morgan fingerprint density at radius 2 is 1.86 bits per heavy atom. The lowest BCUT2D eigenvalue weighted by Crippen LogP contribution is -2.06. The van der Waals surface area contributed by atoms with Gasteiger partial charge in [0.05, 0.1) is 16.8 Å². The van der Waals surface area contributed by atoms with Gasteiger partial charge in [-0.2, -0.15) is 0 Å². The molecule has 0 saturated heterocycles. The van der Waals surface area contributed by atoms with Gasteiger partial charge in [0, 0.05) is 26.6 Å². The highest BCUT2D eigenvalue weighted by Gasteiger charge is 2.21. The molecule has 0 amide bonds. The summed E-state index contributed by atoms with van der Waals surface area (Å²) in [5.74, 6) is -1.04. The van der Waals surface area contributed by atoms with Crippen molar-refractivity contribution in [2.75, 3.05) is 0 Å². The zero-order chi connectivity index (χ0) is 15.9. The van der Waals surface area contributed by atoms with Crippen LogP contribution in [0, 0.1) is 6.92 Å². The molecule has 3 rings (SSSR count). The number of carbonyl (C=O) groups is 1. The van der Waals surface area contributed by atoms with Crippen LogP contribution in [0.5, 0.6) is 0 Å². The van der Waals surface area contributed by atoms with Crippen LogP contribution >= 0.6 is 23.2 Å². The maximum absolute atomic E-state index is 11.7. The number of aromatic nitrogens is 1. The Kier molecular flexibility index (Phi) is 3.77. The average molecular weight is 332 g/mol. The lowest BCUT2D eigenvalue weighted by atomic mass is 9.94. The van der Waals surface area contributed by atoms with Gasteiger partial charge in [-0.05, 0) is 31.2 Å². The van der Waals surface area contributed by atoms with Crippen molar-refractivity contribution in [3.8, 4) is 11.1 Å². The number of carboxylic acids is 1. The summed E-state index contributed by atoms with van der Waals surface area (Å²) in [6.45, 7) is 1.68. The molecule has 0 saturated carbocycles. The first kappa shape index (κ1) is 14.8. The lowest BCUT2D eigenvalue weighted by Gasteiger charge is -2.14. The van der Waals surface area contributed by atoms with Crippen LogP contribution in [-0.2, 0) is 0 Å². The van der Waals surface area contributed by atoms with Crippen LogP contribution < -0.4 is 0 Å². The third-order valence-electron chi connectivity index (χ3n) is 3.48. The third-order valence-corrected chi connectivity index (χ3v) is 4.05. The molecule has 0 aliphatic rings. The van der Waals surface area contributed by atoms with Gasteiger partial charge < -0.3 is 5.11 Å². The molecule has 0 radical (unpaired) electrons. The average Bonchev–Trinajstić information content (AvgIpc) is 2.47. The second kappa shape index (κ2) is 5.59. The van der Waals surface area contributed by atoms with Crippen LogP contribution in [0.3, 0.4) is 0 Å². The van der Waals surface area contributed by atoms with Crippen molar-refractivity contribution in [2.24, 2.45) is 0 Å². The normalized spacial score (nSPS) is 10.9. The summed E-state index contributed by atoms with van der Waals surface area (Å²) in [7, 11) is 0.